The number of carbonyl (C=O) groups is 2. The molecule has 1 aromatic heterocycles. The molecule has 7 nitrogen and oxygen atoms in total. The van der Waals surface area contributed by atoms with Crippen LogP contribution in [-0.2, 0) is 29.2 Å². The van der Waals surface area contributed by atoms with Gasteiger partial charge in [0, 0.05) is 38.6 Å². The summed E-state index contributed by atoms with van der Waals surface area (Å²) >= 11 is 5.33. The zero-order chi connectivity index (χ0) is 32.5. The molecule has 3 aromatic carbocycles. The Morgan fingerprint density at radius 2 is 1.93 bits per heavy atom. The number of aliphatic hydroxyl groups excluding tert-OH is 2. The van der Waals surface area contributed by atoms with Crippen LogP contribution in [0.5, 0.6) is 0 Å². The Morgan fingerprint density at radius 3 is 2.67 bits per heavy atom. The van der Waals surface area contributed by atoms with E-state index in [0.29, 0.717) is 6.54 Å². The van der Waals surface area contributed by atoms with Crippen LogP contribution in [0.4, 0.5) is 14.5 Å². The van der Waals surface area contributed by atoms with Crippen LogP contribution in [0.25, 0.3) is 20.5 Å². The van der Waals surface area contributed by atoms with Gasteiger partial charge in [-0.3, -0.25) is 9.59 Å². The molecule has 1 aliphatic rings. The van der Waals surface area contributed by atoms with Gasteiger partial charge in [-0.15, -0.1) is 11.3 Å². The normalized spacial score (nSPS) is 16.0. The predicted molar refractivity (Wildman–Crippen MR) is 177 cm³/mol. The number of anilines is 1. The highest BCUT2D eigenvalue weighted by molar-refractivity contribution is 9.10. The first-order valence-corrected chi connectivity index (χ1v) is 16.4. The van der Waals surface area contributed by atoms with Gasteiger partial charge in [-0.05, 0) is 90.5 Å². The molecule has 4 N–H and O–H groups in total. The molecular formula is C34H36BrF2N3O4S. The lowest BCUT2D eigenvalue weighted by atomic mass is 9.99. The van der Waals surface area contributed by atoms with E-state index in [2.05, 4.69) is 26.6 Å². The van der Waals surface area contributed by atoms with Gasteiger partial charge in [0.2, 0.25) is 11.8 Å². The third-order valence-corrected chi connectivity index (χ3v) is 10.3. The standard InChI is InChI=1S/C34H36BrF2N3O4S/c1-19(42)16-38-34(2,3)15-29(43)39-26-11-9-23-27(12-10-25(36)31(23)37)40(33(26)44)17-20-8-13-28-24(14-20)30(35)32(45-28)22-7-5-4-6-21(22)18-41/h4-8,10,12-14,19,26,38,41-42H,9,11,15-18H2,1-3H3,(H,39,43)/t19-,26-/m1/s1. The van der Waals surface area contributed by atoms with Gasteiger partial charge in [-0.1, -0.05) is 30.3 Å². The van der Waals surface area contributed by atoms with E-state index in [4.69, 9.17) is 0 Å². The Labute approximate surface area is 273 Å². The Hall–Kier alpha value is -3.22. The summed E-state index contributed by atoms with van der Waals surface area (Å²) in [5.41, 5.74) is 2.22. The fourth-order valence-corrected chi connectivity index (χ4v) is 7.72. The second kappa shape index (κ2) is 13.6. The quantitative estimate of drug-likeness (QED) is 0.158. The second-order valence-corrected chi connectivity index (χ2v) is 14.0. The fraction of sp³-hybridized carbons (Fsp3) is 0.353. The Balaban J connectivity index is 1.45. The van der Waals surface area contributed by atoms with Crippen molar-refractivity contribution in [3.63, 3.8) is 0 Å². The van der Waals surface area contributed by atoms with E-state index in [1.54, 1.807) is 18.3 Å². The molecule has 0 saturated carbocycles. The van der Waals surface area contributed by atoms with Crippen molar-refractivity contribution in [3.8, 4) is 10.4 Å². The third-order valence-electron chi connectivity index (χ3n) is 7.99. The van der Waals surface area contributed by atoms with Crippen LogP contribution >= 0.6 is 27.3 Å². The Morgan fingerprint density at radius 1 is 1.18 bits per heavy atom. The van der Waals surface area contributed by atoms with Crippen molar-refractivity contribution in [1.29, 1.82) is 0 Å². The number of halogens is 3. The number of amides is 2. The SMILES string of the molecule is C[C@@H](O)CNC(C)(C)CC(=O)N[C@@H]1CCc2c(ccc(F)c2F)N(Cc2ccc3sc(-c4ccccc4CO)c(Br)c3c2)C1=O. The summed E-state index contributed by atoms with van der Waals surface area (Å²) in [6.45, 7) is 5.59. The number of benzene rings is 3. The summed E-state index contributed by atoms with van der Waals surface area (Å²) in [7, 11) is 0. The molecule has 0 bridgehead atoms. The lowest BCUT2D eigenvalue weighted by Gasteiger charge is -2.29. The molecule has 1 aliphatic heterocycles. The summed E-state index contributed by atoms with van der Waals surface area (Å²) in [4.78, 5) is 29.5. The number of rotatable bonds is 10. The third kappa shape index (κ3) is 7.28. The Kier molecular flexibility index (Phi) is 10.0. The van der Waals surface area contributed by atoms with Crippen molar-refractivity contribution in [1.82, 2.24) is 10.6 Å². The van der Waals surface area contributed by atoms with E-state index >= 15 is 4.39 Å². The molecule has 4 aromatic rings. The van der Waals surface area contributed by atoms with Crippen LogP contribution in [0.2, 0.25) is 0 Å². The molecule has 238 valence electrons. The molecule has 5 rings (SSSR count). The van der Waals surface area contributed by atoms with Crippen molar-refractivity contribution in [3.05, 3.63) is 87.4 Å². The lowest BCUT2D eigenvalue weighted by molar-refractivity contribution is -0.128. The number of carbonyl (C=O) groups excluding carboxylic acids is 2. The fourth-order valence-electron chi connectivity index (χ4n) is 5.67. The van der Waals surface area contributed by atoms with E-state index in [0.717, 1.165) is 42.2 Å². The molecule has 0 aliphatic carbocycles. The first-order valence-electron chi connectivity index (χ1n) is 14.8. The minimum atomic E-state index is -0.996. The van der Waals surface area contributed by atoms with Crippen molar-refractivity contribution in [2.45, 2.75) is 70.9 Å². The van der Waals surface area contributed by atoms with Crippen LogP contribution in [0.3, 0.4) is 0 Å². The first-order chi connectivity index (χ1) is 21.4. The highest BCUT2D eigenvalue weighted by Crippen LogP contribution is 2.44. The molecule has 0 spiro atoms. The van der Waals surface area contributed by atoms with E-state index in [-0.39, 0.29) is 49.6 Å². The van der Waals surface area contributed by atoms with Gasteiger partial charge in [-0.2, -0.15) is 0 Å². The molecule has 0 unspecified atom stereocenters. The minimum Gasteiger partial charge on any atom is -0.392 e. The lowest BCUT2D eigenvalue weighted by Crippen LogP contribution is -2.51. The van der Waals surface area contributed by atoms with Crippen molar-refractivity contribution in [2.75, 3.05) is 11.4 Å². The summed E-state index contributed by atoms with van der Waals surface area (Å²) in [6, 6.07) is 14.9. The molecule has 45 heavy (non-hydrogen) atoms. The average Bonchev–Trinajstić information content (AvgIpc) is 3.27. The number of hydrogen-bond donors (Lipinski definition) is 4. The number of hydrogen-bond acceptors (Lipinski definition) is 6. The summed E-state index contributed by atoms with van der Waals surface area (Å²) < 4.78 is 31.3. The number of nitrogens with zero attached hydrogens (tertiary/aromatic N) is 1. The Bertz CT molecular complexity index is 1740. The molecule has 11 heteroatoms. The molecule has 0 fully saturated rings. The monoisotopic (exact) mass is 699 g/mol. The maximum absolute atomic E-state index is 15.1. The summed E-state index contributed by atoms with van der Waals surface area (Å²) in [5, 5.41) is 26.4. The highest BCUT2D eigenvalue weighted by Gasteiger charge is 2.34. The average molecular weight is 701 g/mol. The van der Waals surface area contributed by atoms with Crippen LogP contribution in [0.15, 0.2) is 59.1 Å². The summed E-state index contributed by atoms with van der Waals surface area (Å²) in [6.07, 6.45) is -0.364. The van der Waals surface area contributed by atoms with Crippen molar-refractivity contribution in [2.24, 2.45) is 0 Å². The van der Waals surface area contributed by atoms with Crippen LogP contribution in [0, 0.1) is 11.6 Å². The number of β-amino-alcohol motifs (C(OH)–C–C–N with tert-alkyl or cyclic N) is 1. The smallest absolute Gasteiger partial charge is 0.249 e. The van der Waals surface area contributed by atoms with Crippen LogP contribution in [-0.4, -0.2) is 46.3 Å². The van der Waals surface area contributed by atoms with E-state index in [1.807, 2.05) is 56.3 Å². The first kappa shape index (κ1) is 33.2. The molecule has 2 amide bonds. The molecule has 2 heterocycles. The zero-order valence-electron chi connectivity index (χ0n) is 25.3. The van der Waals surface area contributed by atoms with Gasteiger partial charge in [0.05, 0.1) is 29.8 Å². The topological polar surface area (TPSA) is 102 Å². The van der Waals surface area contributed by atoms with Gasteiger partial charge in [0.15, 0.2) is 11.6 Å². The predicted octanol–water partition coefficient (Wildman–Crippen LogP) is 6.20. The van der Waals surface area contributed by atoms with Crippen molar-refractivity contribution >= 4 is 54.9 Å². The minimum absolute atomic E-state index is 0.0457. The molecule has 0 saturated heterocycles. The highest BCUT2D eigenvalue weighted by atomic mass is 79.9. The number of fused-ring (bicyclic) bond motifs is 2. The molecular weight excluding hydrogens is 664 g/mol. The van der Waals surface area contributed by atoms with Crippen LogP contribution in [0.1, 0.15) is 50.3 Å². The van der Waals surface area contributed by atoms with E-state index in [1.165, 1.54) is 11.0 Å². The van der Waals surface area contributed by atoms with Crippen molar-refractivity contribution < 1.29 is 28.6 Å². The van der Waals surface area contributed by atoms with Gasteiger partial charge in [0.25, 0.3) is 0 Å². The summed E-state index contributed by atoms with van der Waals surface area (Å²) in [5.74, 6) is -2.77. The molecule has 0 radical (unpaired) electrons. The van der Waals surface area contributed by atoms with Gasteiger partial charge in [-0.25, -0.2) is 8.78 Å². The molecule has 2 atom stereocenters. The van der Waals surface area contributed by atoms with E-state index in [9.17, 15) is 24.2 Å². The van der Waals surface area contributed by atoms with Gasteiger partial charge < -0.3 is 25.7 Å². The van der Waals surface area contributed by atoms with Gasteiger partial charge in [0.1, 0.15) is 6.04 Å². The number of aliphatic hydroxyl groups is 2. The maximum Gasteiger partial charge on any atom is 0.249 e. The largest absolute Gasteiger partial charge is 0.392 e. The van der Waals surface area contributed by atoms with Gasteiger partial charge >= 0.3 is 0 Å². The van der Waals surface area contributed by atoms with E-state index < -0.39 is 35.2 Å². The number of thiophene rings is 1. The van der Waals surface area contributed by atoms with Crippen LogP contribution < -0.4 is 15.5 Å². The maximum atomic E-state index is 15.1. The second-order valence-electron chi connectivity index (χ2n) is 12.1. The number of nitrogens with one attached hydrogen (secondary N) is 2. The zero-order valence-corrected chi connectivity index (χ0v) is 27.7.